The minimum Gasteiger partial charge on any atom is -0.0850 e. The van der Waals surface area contributed by atoms with Gasteiger partial charge in [-0.1, -0.05) is 78.2 Å². The molecule has 2 heteroatoms. The van der Waals surface area contributed by atoms with Crippen molar-refractivity contribution in [3.05, 3.63) is 71.8 Å². The number of benzene rings is 2. The molecule has 0 unspecified atom stereocenters. The number of hydrogen-bond acceptors (Lipinski definition) is 1. The third-order valence-electron chi connectivity index (χ3n) is 2.84. The summed E-state index contributed by atoms with van der Waals surface area (Å²) >= 11 is 8.14. The maximum absolute atomic E-state index is 6.65. The lowest BCUT2D eigenvalue weighted by Crippen LogP contribution is -1.98. The molecule has 2 rings (SSSR count). The molecule has 0 aromatic heterocycles. The van der Waals surface area contributed by atoms with Crippen LogP contribution in [-0.2, 0) is 0 Å². The highest BCUT2D eigenvalue weighted by Crippen LogP contribution is 2.37. The SMILES string of the molecule is CC(C)(C)C#CS/C(=C(\Cl)c1ccccc1)c1ccccc1. The molecule has 2 aromatic rings. The summed E-state index contributed by atoms with van der Waals surface area (Å²) in [5.74, 6) is 3.25. The summed E-state index contributed by atoms with van der Waals surface area (Å²) in [5.41, 5.74) is 2.08. The van der Waals surface area contributed by atoms with Gasteiger partial charge in [0.15, 0.2) is 0 Å². The molecule has 0 aliphatic heterocycles. The van der Waals surface area contributed by atoms with E-state index in [9.17, 15) is 0 Å². The molecule has 2 aromatic carbocycles. The van der Waals surface area contributed by atoms with E-state index in [-0.39, 0.29) is 5.41 Å². The van der Waals surface area contributed by atoms with Crippen molar-refractivity contribution in [3.8, 4) is 11.2 Å². The normalized spacial score (nSPS) is 12.2. The monoisotopic (exact) mass is 326 g/mol. The molecular formula is C20H19ClS. The Hall–Kier alpha value is -1.62. The van der Waals surface area contributed by atoms with E-state index in [1.54, 1.807) is 0 Å². The van der Waals surface area contributed by atoms with Gasteiger partial charge >= 0.3 is 0 Å². The van der Waals surface area contributed by atoms with Crippen molar-refractivity contribution in [1.82, 2.24) is 0 Å². The zero-order chi connectivity index (χ0) is 16.0. The van der Waals surface area contributed by atoms with Crippen LogP contribution in [0.5, 0.6) is 0 Å². The molecule has 0 radical (unpaired) electrons. The van der Waals surface area contributed by atoms with Crippen LogP contribution >= 0.6 is 23.4 Å². The van der Waals surface area contributed by atoms with Crippen LogP contribution in [0.15, 0.2) is 60.7 Å². The highest BCUT2D eigenvalue weighted by atomic mass is 35.5. The Morgan fingerprint density at radius 1 is 0.864 bits per heavy atom. The van der Waals surface area contributed by atoms with Crippen molar-refractivity contribution >= 4 is 33.3 Å². The molecule has 0 atom stereocenters. The van der Waals surface area contributed by atoms with E-state index in [1.165, 1.54) is 11.8 Å². The van der Waals surface area contributed by atoms with Gasteiger partial charge in [-0.15, -0.1) is 0 Å². The molecular weight excluding hydrogens is 308 g/mol. The van der Waals surface area contributed by atoms with E-state index in [4.69, 9.17) is 11.6 Å². The molecule has 0 aliphatic rings. The Labute approximate surface area is 142 Å². The average Bonchev–Trinajstić information content (AvgIpc) is 2.52. The molecule has 0 heterocycles. The van der Waals surface area contributed by atoms with Gasteiger partial charge in [-0.25, -0.2) is 0 Å². The Kier molecular flexibility index (Phi) is 5.77. The first-order valence-corrected chi connectivity index (χ1v) is 8.36. The largest absolute Gasteiger partial charge is 0.0850 e. The van der Waals surface area contributed by atoms with E-state index in [2.05, 4.69) is 44.1 Å². The van der Waals surface area contributed by atoms with Crippen LogP contribution in [0.3, 0.4) is 0 Å². The van der Waals surface area contributed by atoms with Crippen molar-refractivity contribution in [2.24, 2.45) is 5.41 Å². The molecule has 0 fully saturated rings. The van der Waals surface area contributed by atoms with E-state index in [1.807, 2.05) is 48.5 Å². The van der Waals surface area contributed by atoms with E-state index in [0.717, 1.165) is 21.1 Å². The third kappa shape index (κ3) is 4.98. The Morgan fingerprint density at radius 3 is 1.86 bits per heavy atom. The summed E-state index contributed by atoms with van der Waals surface area (Å²) in [6.45, 7) is 6.31. The molecule has 0 nitrogen and oxygen atoms in total. The van der Waals surface area contributed by atoms with Crippen molar-refractivity contribution in [2.75, 3.05) is 0 Å². The number of thioether (sulfide) groups is 1. The minimum atomic E-state index is -0.0198. The van der Waals surface area contributed by atoms with E-state index >= 15 is 0 Å². The van der Waals surface area contributed by atoms with Gasteiger partial charge in [-0.3, -0.25) is 0 Å². The van der Waals surface area contributed by atoms with Crippen LogP contribution in [0.25, 0.3) is 9.94 Å². The van der Waals surface area contributed by atoms with Crippen LogP contribution in [0.1, 0.15) is 31.9 Å². The van der Waals surface area contributed by atoms with Crippen molar-refractivity contribution in [3.63, 3.8) is 0 Å². The quantitative estimate of drug-likeness (QED) is 0.458. The smallest absolute Gasteiger partial charge is 0.0630 e. The predicted octanol–water partition coefficient (Wildman–Crippen LogP) is 6.49. The topological polar surface area (TPSA) is 0 Å². The first kappa shape index (κ1) is 16.7. The van der Waals surface area contributed by atoms with Crippen LogP contribution in [0.4, 0.5) is 0 Å². The fourth-order valence-corrected chi connectivity index (χ4v) is 3.04. The number of rotatable bonds is 3. The fraction of sp³-hybridized carbons (Fsp3) is 0.200. The first-order valence-electron chi connectivity index (χ1n) is 7.17. The van der Waals surface area contributed by atoms with Crippen molar-refractivity contribution < 1.29 is 0 Å². The van der Waals surface area contributed by atoms with Gasteiger partial charge in [-0.2, -0.15) is 0 Å². The highest BCUT2D eigenvalue weighted by Gasteiger charge is 2.10. The Bertz CT molecular complexity index is 698. The molecule has 0 N–H and O–H groups in total. The van der Waals surface area contributed by atoms with E-state index in [0.29, 0.717) is 0 Å². The zero-order valence-electron chi connectivity index (χ0n) is 13.1. The standard InChI is InChI=1S/C20H19ClS/c1-20(2,3)14-15-22-19(17-12-8-5-9-13-17)18(21)16-10-6-4-7-11-16/h4-13H,1-3H3/b19-18-. The van der Waals surface area contributed by atoms with Crippen molar-refractivity contribution in [1.29, 1.82) is 0 Å². The third-order valence-corrected chi connectivity index (χ3v) is 4.21. The summed E-state index contributed by atoms with van der Waals surface area (Å²) in [6.07, 6.45) is 0. The first-order chi connectivity index (χ1) is 10.5. The summed E-state index contributed by atoms with van der Waals surface area (Å²) in [6, 6.07) is 20.2. The summed E-state index contributed by atoms with van der Waals surface area (Å²) < 4.78 is 0. The maximum Gasteiger partial charge on any atom is 0.0630 e. The van der Waals surface area contributed by atoms with Gasteiger partial charge in [0.2, 0.25) is 0 Å². The molecule has 0 bridgehead atoms. The summed E-state index contributed by atoms with van der Waals surface area (Å²) in [5, 5.41) is 3.94. The Morgan fingerprint density at radius 2 is 1.36 bits per heavy atom. The van der Waals surface area contributed by atoms with E-state index < -0.39 is 0 Å². The van der Waals surface area contributed by atoms with Gasteiger partial charge in [-0.05, 0) is 48.9 Å². The summed E-state index contributed by atoms with van der Waals surface area (Å²) in [7, 11) is 0. The molecule has 0 aliphatic carbocycles. The summed E-state index contributed by atoms with van der Waals surface area (Å²) in [4.78, 5) is 0.991. The lowest BCUT2D eigenvalue weighted by atomic mass is 9.99. The fourth-order valence-electron chi connectivity index (χ4n) is 1.77. The predicted molar refractivity (Wildman–Crippen MR) is 100 cm³/mol. The molecule has 0 amide bonds. The average molecular weight is 327 g/mol. The van der Waals surface area contributed by atoms with Crippen LogP contribution in [0.2, 0.25) is 0 Å². The number of hydrogen-bond donors (Lipinski definition) is 0. The lowest BCUT2D eigenvalue weighted by Gasteiger charge is -2.10. The second-order valence-electron chi connectivity index (χ2n) is 5.95. The second-order valence-corrected chi connectivity index (χ2v) is 7.15. The molecule has 112 valence electrons. The van der Waals surface area contributed by atoms with Crippen LogP contribution in [-0.4, -0.2) is 0 Å². The van der Waals surface area contributed by atoms with Gasteiger partial charge in [0.25, 0.3) is 0 Å². The lowest BCUT2D eigenvalue weighted by molar-refractivity contribution is 0.571. The van der Waals surface area contributed by atoms with Gasteiger partial charge in [0, 0.05) is 10.3 Å². The number of halogens is 1. The van der Waals surface area contributed by atoms with Gasteiger partial charge in [0.05, 0.1) is 5.03 Å². The van der Waals surface area contributed by atoms with Crippen molar-refractivity contribution in [2.45, 2.75) is 20.8 Å². The minimum absolute atomic E-state index is 0.0198. The zero-order valence-corrected chi connectivity index (χ0v) is 14.6. The molecule has 0 saturated heterocycles. The van der Waals surface area contributed by atoms with Crippen LogP contribution in [0, 0.1) is 16.6 Å². The molecule has 0 spiro atoms. The van der Waals surface area contributed by atoms with Gasteiger partial charge in [0.1, 0.15) is 0 Å². The highest BCUT2D eigenvalue weighted by molar-refractivity contribution is 8.12. The maximum atomic E-state index is 6.65. The van der Waals surface area contributed by atoms with Crippen LogP contribution < -0.4 is 0 Å². The second kappa shape index (κ2) is 7.58. The van der Waals surface area contributed by atoms with Gasteiger partial charge < -0.3 is 0 Å². The molecule has 22 heavy (non-hydrogen) atoms. The molecule has 0 saturated carbocycles. The Balaban J connectivity index is 2.44.